The molecule has 0 aliphatic rings. The van der Waals surface area contributed by atoms with Crippen LogP contribution in [0.5, 0.6) is 0 Å². The molecule has 0 aliphatic heterocycles. The Kier molecular flexibility index (Phi) is 6.79. The van der Waals surface area contributed by atoms with E-state index >= 15 is 0 Å². The van der Waals surface area contributed by atoms with Crippen LogP contribution >= 0.6 is 11.6 Å². The minimum Gasteiger partial charge on any atom is -0.397 e. The van der Waals surface area contributed by atoms with E-state index in [9.17, 15) is 8.42 Å². The average Bonchev–Trinajstić information content (AvgIpc) is 2.42. The molecule has 0 bridgehead atoms. The maximum Gasteiger partial charge on any atom is 0.240 e. The second-order valence-corrected chi connectivity index (χ2v) is 7.13. The zero-order valence-electron chi connectivity index (χ0n) is 12.0. The summed E-state index contributed by atoms with van der Waals surface area (Å²) in [6, 6.07) is 4.35. The summed E-state index contributed by atoms with van der Waals surface area (Å²) < 4.78 is 27.0. The number of sulfonamides is 1. The molecule has 0 aliphatic carbocycles. The van der Waals surface area contributed by atoms with Gasteiger partial charge < -0.3 is 5.73 Å². The van der Waals surface area contributed by atoms with E-state index in [-0.39, 0.29) is 10.6 Å². The molecule has 0 amide bonds. The van der Waals surface area contributed by atoms with Gasteiger partial charge in [-0.2, -0.15) is 0 Å². The van der Waals surface area contributed by atoms with Crippen molar-refractivity contribution >= 4 is 27.3 Å². The molecule has 0 spiro atoms. The number of anilines is 1. The molecule has 1 atom stereocenters. The van der Waals surface area contributed by atoms with Gasteiger partial charge in [0.2, 0.25) is 10.0 Å². The van der Waals surface area contributed by atoms with Crippen LogP contribution in [0.25, 0.3) is 0 Å². The Bertz CT molecular complexity index is 532. The first-order valence-electron chi connectivity index (χ1n) is 6.95. The predicted octanol–water partition coefficient (Wildman–Crippen LogP) is 3.42. The summed E-state index contributed by atoms with van der Waals surface area (Å²) in [6.07, 6.45) is 4.24. The zero-order chi connectivity index (χ0) is 15.2. The fourth-order valence-corrected chi connectivity index (χ4v) is 3.21. The third kappa shape index (κ3) is 4.96. The van der Waals surface area contributed by atoms with Gasteiger partial charge in [-0.3, -0.25) is 0 Å². The lowest BCUT2D eigenvalue weighted by molar-refractivity contribution is 0.444. The third-order valence-electron chi connectivity index (χ3n) is 3.38. The number of hydrogen-bond donors (Lipinski definition) is 2. The molecule has 4 nitrogen and oxygen atoms in total. The van der Waals surface area contributed by atoms with Gasteiger partial charge in [-0.1, -0.05) is 44.7 Å². The highest BCUT2D eigenvalue weighted by molar-refractivity contribution is 7.89. The van der Waals surface area contributed by atoms with Crippen LogP contribution < -0.4 is 10.5 Å². The van der Waals surface area contributed by atoms with Gasteiger partial charge in [0.25, 0.3) is 0 Å². The van der Waals surface area contributed by atoms with Crippen LogP contribution in [0.15, 0.2) is 23.1 Å². The minimum absolute atomic E-state index is 0.157. The Hall–Kier alpha value is -0.780. The van der Waals surface area contributed by atoms with Gasteiger partial charge in [-0.25, -0.2) is 13.1 Å². The van der Waals surface area contributed by atoms with E-state index in [2.05, 4.69) is 18.6 Å². The molecule has 1 rings (SSSR count). The largest absolute Gasteiger partial charge is 0.397 e. The highest BCUT2D eigenvalue weighted by atomic mass is 35.5. The quantitative estimate of drug-likeness (QED) is 0.721. The predicted molar refractivity (Wildman–Crippen MR) is 84.4 cm³/mol. The summed E-state index contributed by atoms with van der Waals surface area (Å²) >= 11 is 5.80. The minimum atomic E-state index is -3.52. The SMILES string of the molecule is CCCCC(CC)CNS(=O)(=O)c1ccc(Cl)c(N)c1. The Labute approximate surface area is 126 Å². The lowest BCUT2D eigenvalue weighted by Gasteiger charge is -2.15. The molecule has 0 saturated heterocycles. The van der Waals surface area contributed by atoms with Crippen molar-refractivity contribution in [2.75, 3.05) is 12.3 Å². The Morgan fingerprint density at radius 2 is 2.05 bits per heavy atom. The maximum atomic E-state index is 12.2. The van der Waals surface area contributed by atoms with Crippen LogP contribution in [0, 0.1) is 5.92 Å². The molecule has 1 aromatic carbocycles. The highest BCUT2D eigenvalue weighted by Crippen LogP contribution is 2.22. The first-order valence-corrected chi connectivity index (χ1v) is 8.81. The number of benzene rings is 1. The van der Waals surface area contributed by atoms with Crippen LogP contribution in [0.4, 0.5) is 5.69 Å². The van der Waals surface area contributed by atoms with Crippen molar-refractivity contribution in [1.29, 1.82) is 0 Å². The smallest absolute Gasteiger partial charge is 0.240 e. The van der Waals surface area contributed by atoms with Crippen LogP contribution in [-0.4, -0.2) is 15.0 Å². The summed E-state index contributed by atoms with van der Waals surface area (Å²) in [6.45, 7) is 4.67. The molecular weight excluding hydrogens is 296 g/mol. The topological polar surface area (TPSA) is 72.2 Å². The molecule has 0 heterocycles. The van der Waals surface area contributed by atoms with Crippen molar-refractivity contribution in [2.24, 2.45) is 5.92 Å². The van der Waals surface area contributed by atoms with Crippen molar-refractivity contribution in [3.05, 3.63) is 23.2 Å². The second kappa shape index (κ2) is 7.86. The zero-order valence-corrected chi connectivity index (χ0v) is 13.6. The standard InChI is InChI=1S/C14H23ClN2O2S/c1-3-5-6-11(4-2)10-17-20(18,19)12-7-8-13(15)14(16)9-12/h7-9,11,17H,3-6,10,16H2,1-2H3. The molecule has 20 heavy (non-hydrogen) atoms. The molecule has 0 radical (unpaired) electrons. The summed E-state index contributed by atoms with van der Waals surface area (Å²) in [5.41, 5.74) is 5.91. The van der Waals surface area contributed by atoms with Gasteiger partial charge in [0.05, 0.1) is 15.6 Å². The molecule has 0 fully saturated rings. The summed E-state index contributed by atoms with van der Waals surface area (Å²) in [7, 11) is -3.52. The Morgan fingerprint density at radius 1 is 1.35 bits per heavy atom. The Morgan fingerprint density at radius 3 is 2.60 bits per heavy atom. The van der Waals surface area contributed by atoms with E-state index in [1.165, 1.54) is 18.2 Å². The molecule has 1 aromatic rings. The molecule has 1 unspecified atom stereocenters. The van der Waals surface area contributed by atoms with Crippen molar-refractivity contribution < 1.29 is 8.42 Å². The second-order valence-electron chi connectivity index (χ2n) is 4.95. The number of hydrogen-bond acceptors (Lipinski definition) is 3. The number of nitrogens with one attached hydrogen (secondary N) is 1. The normalized spacial score (nSPS) is 13.3. The molecule has 0 aromatic heterocycles. The van der Waals surface area contributed by atoms with E-state index in [1.807, 2.05) is 0 Å². The lowest BCUT2D eigenvalue weighted by atomic mass is 10.00. The molecule has 3 N–H and O–H groups in total. The monoisotopic (exact) mass is 318 g/mol. The van der Waals surface area contributed by atoms with Crippen molar-refractivity contribution in [1.82, 2.24) is 4.72 Å². The van der Waals surface area contributed by atoms with Gasteiger partial charge in [0.15, 0.2) is 0 Å². The number of nitrogen functional groups attached to an aromatic ring is 1. The van der Waals surface area contributed by atoms with Crippen molar-refractivity contribution in [3.63, 3.8) is 0 Å². The molecule has 6 heteroatoms. The fraction of sp³-hybridized carbons (Fsp3) is 0.571. The number of rotatable bonds is 8. The van der Waals surface area contributed by atoms with E-state index in [1.54, 1.807) is 0 Å². The molecule has 114 valence electrons. The maximum absolute atomic E-state index is 12.2. The van der Waals surface area contributed by atoms with Crippen molar-refractivity contribution in [3.8, 4) is 0 Å². The van der Waals surface area contributed by atoms with Gasteiger partial charge >= 0.3 is 0 Å². The van der Waals surface area contributed by atoms with Crippen molar-refractivity contribution in [2.45, 2.75) is 44.4 Å². The highest BCUT2D eigenvalue weighted by Gasteiger charge is 2.17. The van der Waals surface area contributed by atoms with E-state index in [4.69, 9.17) is 17.3 Å². The Balaban J connectivity index is 2.71. The first-order chi connectivity index (χ1) is 9.40. The van der Waals surface area contributed by atoms with Gasteiger partial charge in [-0.15, -0.1) is 0 Å². The number of halogens is 1. The van der Waals surface area contributed by atoms with E-state index in [0.29, 0.717) is 17.5 Å². The van der Waals surface area contributed by atoms with Gasteiger partial charge in [-0.05, 0) is 30.5 Å². The lowest BCUT2D eigenvalue weighted by Crippen LogP contribution is -2.29. The van der Waals surface area contributed by atoms with Gasteiger partial charge in [0, 0.05) is 6.54 Å². The number of unbranched alkanes of at least 4 members (excludes halogenated alkanes) is 1. The average molecular weight is 319 g/mol. The van der Waals surface area contributed by atoms with E-state index in [0.717, 1.165) is 25.7 Å². The summed E-state index contributed by atoms with van der Waals surface area (Å²) in [5.74, 6) is 0.370. The molecule has 0 saturated carbocycles. The fourth-order valence-electron chi connectivity index (χ4n) is 1.94. The summed E-state index contributed by atoms with van der Waals surface area (Å²) in [4.78, 5) is 0.157. The van der Waals surface area contributed by atoms with E-state index < -0.39 is 10.0 Å². The molecular formula is C14H23ClN2O2S. The van der Waals surface area contributed by atoms with Gasteiger partial charge in [0.1, 0.15) is 0 Å². The third-order valence-corrected chi connectivity index (χ3v) is 5.15. The first kappa shape index (κ1) is 17.3. The number of nitrogens with two attached hydrogens (primary N) is 1. The van der Waals surface area contributed by atoms with Crippen LogP contribution in [0.1, 0.15) is 39.5 Å². The van der Waals surface area contributed by atoms with Crippen LogP contribution in [0.3, 0.4) is 0 Å². The van der Waals surface area contributed by atoms with Crippen LogP contribution in [-0.2, 0) is 10.0 Å². The van der Waals surface area contributed by atoms with Crippen LogP contribution in [0.2, 0.25) is 5.02 Å². The summed E-state index contributed by atoms with van der Waals surface area (Å²) in [5, 5.41) is 0.360.